The summed E-state index contributed by atoms with van der Waals surface area (Å²) in [6.07, 6.45) is 14.1. The van der Waals surface area contributed by atoms with E-state index in [1.54, 1.807) is 69.8 Å². The van der Waals surface area contributed by atoms with Crippen molar-refractivity contribution in [3.05, 3.63) is 226 Å². The summed E-state index contributed by atoms with van der Waals surface area (Å²) in [6.45, 7) is 27.4. The summed E-state index contributed by atoms with van der Waals surface area (Å²) >= 11 is 28.1. The first kappa shape index (κ1) is 72.2. The van der Waals surface area contributed by atoms with Crippen LogP contribution >= 0.6 is 58.0 Å². The molecule has 0 unspecified atom stereocenters. The van der Waals surface area contributed by atoms with Crippen molar-refractivity contribution in [3.63, 3.8) is 0 Å². The molecule has 0 bridgehead atoms. The molecule has 0 aliphatic carbocycles. The Morgan fingerprint density at radius 1 is 0.430 bits per heavy atom. The van der Waals surface area contributed by atoms with Crippen molar-refractivity contribution in [2.45, 2.75) is 102 Å². The van der Waals surface area contributed by atoms with Crippen LogP contribution < -0.4 is 0 Å². The number of likely N-dealkylation sites (tertiary alicyclic amines) is 2. The van der Waals surface area contributed by atoms with Gasteiger partial charge in [0, 0.05) is 52.0 Å². The van der Waals surface area contributed by atoms with Gasteiger partial charge in [0.25, 0.3) is 0 Å². The summed E-state index contributed by atoms with van der Waals surface area (Å²) in [5.74, 6) is -0.938. The van der Waals surface area contributed by atoms with E-state index >= 15 is 0 Å². The van der Waals surface area contributed by atoms with Crippen LogP contribution in [-0.2, 0) is 0 Å². The average molecular weight is 1200 g/mol. The van der Waals surface area contributed by atoms with E-state index in [9.17, 15) is 30.7 Å². The lowest BCUT2D eigenvalue weighted by molar-refractivity contribution is 0.201. The molecule has 2 aliphatic heterocycles. The molecular formula is C62H75Cl5F7N5. The molecule has 79 heavy (non-hydrogen) atoms. The van der Waals surface area contributed by atoms with Crippen LogP contribution in [0.1, 0.15) is 91.0 Å². The first-order valence-electron chi connectivity index (χ1n) is 25.6. The Hall–Kier alpha value is -4.79. The lowest BCUT2D eigenvalue weighted by atomic mass is 9.99. The summed E-state index contributed by atoms with van der Waals surface area (Å²) < 4.78 is 86.3. The first-order chi connectivity index (χ1) is 37.2. The van der Waals surface area contributed by atoms with Crippen molar-refractivity contribution in [2.24, 2.45) is 11.8 Å². The van der Waals surface area contributed by atoms with Crippen molar-refractivity contribution in [1.29, 1.82) is 0 Å². The number of aromatic nitrogens is 3. The first-order valence-corrected chi connectivity index (χ1v) is 27.5. The summed E-state index contributed by atoms with van der Waals surface area (Å²) in [4.78, 5) is 15.8. The number of piperidine rings is 2. The van der Waals surface area contributed by atoms with E-state index in [4.69, 9.17) is 58.0 Å². The van der Waals surface area contributed by atoms with Crippen molar-refractivity contribution in [3.8, 4) is 0 Å². The fourth-order valence-electron chi connectivity index (χ4n) is 6.47. The number of halogens is 12. The minimum atomic E-state index is -0.602. The van der Waals surface area contributed by atoms with E-state index in [1.165, 1.54) is 102 Å². The number of rotatable bonds is 1. The zero-order valence-corrected chi connectivity index (χ0v) is 51.0. The fraction of sp³-hybridized carbons (Fsp3) is 0.371. The van der Waals surface area contributed by atoms with Crippen LogP contribution in [-0.4, -0.2) is 64.5 Å². The second kappa shape index (κ2) is 39.6. The van der Waals surface area contributed by atoms with Crippen LogP contribution in [0.3, 0.4) is 0 Å². The highest BCUT2D eigenvalue weighted by atomic mass is 35.5. The molecule has 4 aromatic carbocycles. The number of nitrogens with zero attached hydrogens (tertiary/aromatic N) is 5. The smallest absolute Gasteiger partial charge is 0.147 e. The van der Waals surface area contributed by atoms with Crippen molar-refractivity contribution in [2.75, 3.05) is 39.8 Å². The van der Waals surface area contributed by atoms with Crippen molar-refractivity contribution < 1.29 is 30.7 Å². The topological polar surface area (TPSA) is 45.2 Å². The van der Waals surface area contributed by atoms with Crippen LogP contribution in [0, 0.1) is 108 Å². The van der Waals surface area contributed by atoms with E-state index in [0.29, 0.717) is 31.2 Å². The van der Waals surface area contributed by atoms with Crippen LogP contribution in [0.2, 0.25) is 25.1 Å². The largest absolute Gasteiger partial charge is 0.306 e. The van der Waals surface area contributed by atoms with Gasteiger partial charge in [-0.15, -0.1) is 0 Å². The Balaban J connectivity index is 0.000000445. The second-order valence-electron chi connectivity index (χ2n) is 19.1. The van der Waals surface area contributed by atoms with Gasteiger partial charge in [-0.2, -0.15) is 0 Å². The quantitative estimate of drug-likeness (QED) is 0.153. The normalized spacial score (nSPS) is 13.0. The maximum absolute atomic E-state index is 12.6. The molecule has 5 heterocycles. The van der Waals surface area contributed by atoms with Gasteiger partial charge in [-0.1, -0.05) is 103 Å². The number of pyridine rings is 3. The van der Waals surface area contributed by atoms with Crippen LogP contribution in [0.25, 0.3) is 0 Å². The molecule has 432 valence electrons. The van der Waals surface area contributed by atoms with E-state index in [0.717, 1.165) is 63.1 Å². The molecule has 0 spiro atoms. The van der Waals surface area contributed by atoms with E-state index in [-0.39, 0.29) is 23.0 Å². The fourth-order valence-corrected chi connectivity index (χ4v) is 7.28. The van der Waals surface area contributed by atoms with Crippen molar-refractivity contribution in [1.82, 2.24) is 24.8 Å². The molecule has 2 saturated heterocycles. The van der Waals surface area contributed by atoms with Gasteiger partial charge in [0.15, 0.2) is 0 Å². The summed E-state index contributed by atoms with van der Waals surface area (Å²) in [7, 11) is 2.20. The van der Waals surface area contributed by atoms with Gasteiger partial charge < -0.3 is 9.80 Å². The van der Waals surface area contributed by atoms with Crippen LogP contribution in [0.4, 0.5) is 30.7 Å². The maximum Gasteiger partial charge on any atom is 0.147 e. The minimum Gasteiger partial charge on any atom is -0.306 e. The highest BCUT2D eigenvalue weighted by molar-refractivity contribution is 6.35. The monoisotopic (exact) mass is 1200 g/mol. The molecule has 0 N–H and O–H groups in total. The third-order valence-electron chi connectivity index (χ3n) is 12.4. The van der Waals surface area contributed by atoms with Crippen LogP contribution in [0.5, 0.6) is 0 Å². The van der Waals surface area contributed by atoms with Gasteiger partial charge >= 0.3 is 0 Å². The van der Waals surface area contributed by atoms with E-state index in [2.05, 4.69) is 52.6 Å². The Kier molecular flexibility index (Phi) is 36.2. The molecule has 9 rings (SSSR count). The molecular weight excluding hydrogens is 1120 g/mol. The molecule has 2 aliphatic rings. The minimum absolute atomic E-state index is 0.0185. The third kappa shape index (κ3) is 31.1. The highest BCUT2D eigenvalue weighted by Gasteiger charge is 2.13. The Labute approximate surface area is 490 Å². The maximum atomic E-state index is 12.6. The third-order valence-corrected chi connectivity index (χ3v) is 14.3. The summed E-state index contributed by atoms with van der Waals surface area (Å²) in [5.41, 5.74) is 5.75. The van der Waals surface area contributed by atoms with Gasteiger partial charge in [-0.25, -0.2) is 30.7 Å². The molecule has 0 radical (unpaired) electrons. The zero-order valence-electron chi connectivity index (χ0n) is 47.3. The predicted octanol–water partition coefficient (Wildman–Crippen LogP) is 19.8. The van der Waals surface area contributed by atoms with Gasteiger partial charge in [-0.05, 0) is 215 Å². The Bertz CT molecular complexity index is 2490. The zero-order chi connectivity index (χ0) is 59.8. The molecule has 2 fully saturated rings. The lowest BCUT2D eigenvalue weighted by Crippen LogP contribution is -2.32. The summed E-state index contributed by atoms with van der Waals surface area (Å²) in [5, 5.41) is 2.92. The van der Waals surface area contributed by atoms with Crippen LogP contribution in [0.15, 0.2) is 116 Å². The van der Waals surface area contributed by atoms with Gasteiger partial charge in [0.2, 0.25) is 0 Å². The Morgan fingerprint density at radius 2 is 0.899 bits per heavy atom. The number of hydrogen-bond donors (Lipinski definition) is 0. The van der Waals surface area contributed by atoms with Gasteiger partial charge in [0.1, 0.15) is 40.7 Å². The van der Waals surface area contributed by atoms with E-state index in [1.807, 2.05) is 39.8 Å². The average Bonchev–Trinajstić information content (AvgIpc) is 3.40. The molecule has 7 aromatic rings. The SMILES string of the molecule is CC1CCN(C)CC1.CCN1CCC(C)CC1.Cc1c(Cl)cncc1Cl.Cc1c(F)cccc1Cl.Cc1c(F)cncc1F.Cc1cc(F)cc(F)c1.Cc1ccc(F)cc1Cl.Cc1cccc(F)c1C.Cc1ccncc1Cl. The second-order valence-corrected chi connectivity index (χ2v) is 21.1. The van der Waals surface area contributed by atoms with E-state index < -0.39 is 23.3 Å². The highest BCUT2D eigenvalue weighted by Crippen LogP contribution is 2.21. The molecule has 0 amide bonds. The number of hydrogen-bond acceptors (Lipinski definition) is 5. The van der Waals surface area contributed by atoms with Crippen molar-refractivity contribution >= 4 is 58.0 Å². The number of benzene rings is 4. The predicted molar refractivity (Wildman–Crippen MR) is 318 cm³/mol. The van der Waals surface area contributed by atoms with Gasteiger partial charge in [0.05, 0.1) is 27.5 Å². The molecule has 5 nitrogen and oxygen atoms in total. The molecule has 0 saturated carbocycles. The Morgan fingerprint density at radius 3 is 1.27 bits per heavy atom. The molecule has 3 aromatic heterocycles. The lowest BCUT2D eigenvalue weighted by Gasteiger charge is -2.28. The van der Waals surface area contributed by atoms with Gasteiger partial charge in [-0.3, -0.25) is 15.0 Å². The standard InChI is InChI=1S/C8H9F.C8H17N.2C7H6ClF.C7H6F2.C7H15N.C6H5Cl2N.C6H6ClN.C6H5F2N/c1-6-4-3-5-8(9)7(6)2;1-3-9-6-4-8(2)5-7-9;1-5-2-3-6(9)4-7(5)8;1-5-6(8)3-2-4-7(5)9;1-5-2-6(8)4-7(9)3-5;1-7-3-5-8(2)6-4-7;1-4-5(7)2-9-3-6(4)8;1-5-2-3-8-4-6(5)7;1-4-5(7)2-9-3-6(4)8/h3-5H,1-2H3;8H,3-7H2,1-2H3;3*2-4H,1H3;7H,3-6H2,1-2H3;2-3H,1H3;2-4H,1H3;2-3H,1H3. The molecule has 0 atom stereocenters. The summed E-state index contributed by atoms with van der Waals surface area (Å²) in [6, 6.07) is 19.4. The molecule has 17 heteroatoms. The number of aryl methyl sites for hydroxylation is 4.